The fourth-order valence-electron chi connectivity index (χ4n) is 2.40. The van der Waals surface area contributed by atoms with Gasteiger partial charge in [-0.05, 0) is 42.7 Å². The van der Waals surface area contributed by atoms with Crippen LogP contribution in [0.2, 0.25) is 0 Å². The molecule has 1 amide bonds. The highest BCUT2D eigenvalue weighted by atomic mass is 19.1. The standard InChI is InChI=1S/C14H15FN2O3/c15-10-6-9(3-4-13(18)19)7-11(8-10)17-5-1-2-12(17)14(16)20/h3-4,6-8,12H,1-2,5H2,(H2,16,20)(H,18,19)/b4-3+. The van der Waals surface area contributed by atoms with E-state index in [4.69, 9.17) is 10.8 Å². The summed E-state index contributed by atoms with van der Waals surface area (Å²) in [4.78, 5) is 23.6. The molecule has 1 fully saturated rings. The van der Waals surface area contributed by atoms with Gasteiger partial charge >= 0.3 is 5.97 Å². The minimum atomic E-state index is -1.10. The van der Waals surface area contributed by atoms with Gasteiger partial charge in [-0.1, -0.05) is 0 Å². The Hall–Kier alpha value is -2.37. The predicted molar refractivity (Wildman–Crippen MR) is 72.6 cm³/mol. The molecule has 1 aromatic carbocycles. The molecule has 106 valence electrons. The molecule has 1 aromatic rings. The number of hydrogen-bond donors (Lipinski definition) is 2. The lowest BCUT2D eigenvalue weighted by Crippen LogP contribution is -2.40. The highest BCUT2D eigenvalue weighted by Crippen LogP contribution is 2.27. The first-order chi connectivity index (χ1) is 9.47. The maximum absolute atomic E-state index is 13.6. The summed E-state index contributed by atoms with van der Waals surface area (Å²) < 4.78 is 13.6. The Morgan fingerprint density at radius 2 is 2.15 bits per heavy atom. The van der Waals surface area contributed by atoms with Crippen molar-refractivity contribution in [1.29, 1.82) is 0 Å². The lowest BCUT2D eigenvalue weighted by molar-refractivity contribution is -0.131. The van der Waals surface area contributed by atoms with Crippen molar-refractivity contribution in [2.24, 2.45) is 5.73 Å². The third kappa shape index (κ3) is 3.14. The zero-order valence-corrected chi connectivity index (χ0v) is 10.8. The zero-order valence-electron chi connectivity index (χ0n) is 10.8. The fourth-order valence-corrected chi connectivity index (χ4v) is 2.40. The SMILES string of the molecule is NC(=O)C1CCCN1c1cc(F)cc(/C=C/C(=O)O)c1. The summed E-state index contributed by atoms with van der Waals surface area (Å²) in [6, 6.07) is 3.76. The summed E-state index contributed by atoms with van der Waals surface area (Å²) in [5, 5.41) is 8.59. The molecule has 1 saturated heterocycles. The van der Waals surface area contributed by atoms with Crippen LogP contribution in [0.3, 0.4) is 0 Å². The first kappa shape index (κ1) is 14.0. The summed E-state index contributed by atoms with van der Waals surface area (Å²) in [7, 11) is 0. The van der Waals surface area contributed by atoms with E-state index in [9.17, 15) is 14.0 Å². The Morgan fingerprint density at radius 3 is 2.80 bits per heavy atom. The number of carboxylic acid groups (broad SMARTS) is 1. The number of carbonyl (C=O) groups is 2. The molecule has 5 nitrogen and oxygen atoms in total. The minimum absolute atomic E-state index is 0.428. The number of benzene rings is 1. The van der Waals surface area contributed by atoms with E-state index in [0.29, 0.717) is 24.2 Å². The molecule has 0 bridgehead atoms. The lowest BCUT2D eigenvalue weighted by Gasteiger charge is -2.24. The molecule has 0 saturated carbocycles. The van der Waals surface area contributed by atoms with E-state index in [1.165, 1.54) is 18.2 Å². The van der Waals surface area contributed by atoms with Crippen LogP contribution in [0.4, 0.5) is 10.1 Å². The molecule has 2 rings (SSSR count). The van der Waals surface area contributed by atoms with Crippen LogP contribution in [0.15, 0.2) is 24.3 Å². The van der Waals surface area contributed by atoms with Crippen LogP contribution in [0.1, 0.15) is 18.4 Å². The van der Waals surface area contributed by atoms with Gasteiger partial charge in [-0.2, -0.15) is 0 Å². The molecule has 1 aliphatic heterocycles. The van der Waals surface area contributed by atoms with E-state index in [-0.39, 0.29) is 0 Å². The van der Waals surface area contributed by atoms with Crippen molar-refractivity contribution in [2.75, 3.05) is 11.4 Å². The van der Waals surface area contributed by atoms with Gasteiger partial charge < -0.3 is 15.7 Å². The molecule has 1 unspecified atom stereocenters. The summed E-state index contributed by atoms with van der Waals surface area (Å²) >= 11 is 0. The Bertz CT molecular complexity index is 572. The number of anilines is 1. The third-order valence-corrected chi connectivity index (χ3v) is 3.24. The number of aliphatic carboxylic acids is 1. The van der Waals surface area contributed by atoms with Gasteiger partial charge in [0.05, 0.1) is 0 Å². The summed E-state index contributed by atoms with van der Waals surface area (Å²) in [5.74, 6) is -2.02. The van der Waals surface area contributed by atoms with E-state index in [2.05, 4.69) is 0 Å². The summed E-state index contributed by atoms with van der Waals surface area (Å²) in [6.45, 7) is 0.624. The fraction of sp³-hybridized carbons (Fsp3) is 0.286. The van der Waals surface area contributed by atoms with Crippen LogP contribution >= 0.6 is 0 Å². The van der Waals surface area contributed by atoms with Crippen LogP contribution < -0.4 is 10.6 Å². The maximum atomic E-state index is 13.6. The van der Waals surface area contributed by atoms with Crippen LogP contribution in [0.25, 0.3) is 6.08 Å². The largest absolute Gasteiger partial charge is 0.478 e. The van der Waals surface area contributed by atoms with Gasteiger partial charge in [0.1, 0.15) is 11.9 Å². The van der Waals surface area contributed by atoms with E-state index >= 15 is 0 Å². The second-order valence-electron chi connectivity index (χ2n) is 4.67. The van der Waals surface area contributed by atoms with Crippen molar-refractivity contribution in [2.45, 2.75) is 18.9 Å². The van der Waals surface area contributed by atoms with Crippen molar-refractivity contribution in [3.8, 4) is 0 Å². The normalized spacial score (nSPS) is 18.6. The number of nitrogens with zero attached hydrogens (tertiary/aromatic N) is 1. The lowest BCUT2D eigenvalue weighted by atomic mass is 10.1. The highest BCUT2D eigenvalue weighted by Gasteiger charge is 2.29. The molecule has 1 heterocycles. The number of nitrogens with two attached hydrogens (primary N) is 1. The van der Waals surface area contributed by atoms with Crippen molar-refractivity contribution < 1.29 is 19.1 Å². The number of carboxylic acids is 1. The molecule has 1 atom stereocenters. The van der Waals surface area contributed by atoms with Crippen LogP contribution in [-0.4, -0.2) is 29.6 Å². The average Bonchev–Trinajstić information content (AvgIpc) is 2.85. The van der Waals surface area contributed by atoms with E-state index in [1.807, 2.05) is 0 Å². The van der Waals surface area contributed by atoms with E-state index < -0.39 is 23.7 Å². The third-order valence-electron chi connectivity index (χ3n) is 3.24. The Kier molecular flexibility index (Phi) is 4.02. The Labute approximate surface area is 115 Å². The molecular formula is C14H15FN2O3. The molecule has 20 heavy (non-hydrogen) atoms. The Morgan fingerprint density at radius 1 is 1.40 bits per heavy atom. The van der Waals surface area contributed by atoms with Crippen molar-refractivity contribution >= 4 is 23.6 Å². The summed E-state index contributed by atoms with van der Waals surface area (Å²) in [6.07, 6.45) is 3.70. The molecule has 0 spiro atoms. The molecule has 0 aliphatic carbocycles. The van der Waals surface area contributed by atoms with Crippen LogP contribution in [0.5, 0.6) is 0 Å². The highest BCUT2D eigenvalue weighted by molar-refractivity contribution is 5.86. The van der Waals surface area contributed by atoms with Gasteiger partial charge in [-0.25, -0.2) is 9.18 Å². The number of halogens is 1. The number of rotatable bonds is 4. The quantitative estimate of drug-likeness (QED) is 0.815. The first-order valence-corrected chi connectivity index (χ1v) is 6.25. The first-order valence-electron chi connectivity index (χ1n) is 6.25. The molecule has 3 N–H and O–H groups in total. The second kappa shape index (κ2) is 5.73. The van der Waals surface area contributed by atoms with Crippen LogP contribution in [-0.2, 0) is 9.59 Å². The van der Waals surface area contributed by atoms with E-state index in [1.54, 1.807) is 11.0 Å². The predicted octanol–water partition coefficient (Wildman–Crippen LogP) is 1.38. The van der Waals surface area contributed by atoms with Gasteiger partial charge in [0.15, 0.2) is 0 Å². The molecular weight excluding hydrogens is 263 g/mol. The van der Waals surface area contributed by atoms with Gasteiger partial charge in [-0.15, -0.1) is 0 Å². The van der Waals surface area contributed by atoms with Gasteiger partial charge in [0.2, 0.25) is 5.91 Å². The number of hydrogen-bond acceptors (Lipinski definition) is 3. The molecule has 6 heteroatoms. The van der Waals surface area contributed by atoms with Gasteiger partial charge in [0, 0.05) is 18.3 Å². The Balaban J connectivity index is 2.32. The van der Waals surface area contributed by atoms with Gasteiger partial charge in [-0.3, -0.25) is 4.79 Å². The molecule has 0 aromatic heterocycles. The molecule has 0 radical (unpaired) electrons. The maximum Gasteiger partial charge on any atom is 0.328 e. The second-order valence-corrected chi connectivity index (χ2v) is 4.67. The smallest absolute Gasteiger partial charge is 0.328 e. The monoisotopic (exact) mass is 278 g/mol. The van der Waals surface area contributed by atoms with Crippen LogP contribution in [0, 0.1) is 5.82 Å². The van der Waals surface area contributed by atoms with Crippen molar-refractivity contribution in [3.63, 3.8) is 0 Å². The number of primary amides is 1. The van der Waals surface area contributed by atoms with Crippen molar-refractivity contribution in [3.05, 3.63) is 35.7 Å². The summed E-state index contributed by atoms with van der Waals surface area (Å²) in [5.41, 5.74) is 6.30. The topological polar surface area (TPSA) is 83.6 Å². The molecule has 1 aliphatic rings. The van der Waals surface area contributed by atoms with Gasteiger partial charge in [0.25, 0.3) is 0 Å². The van der Waals surface area contributed by atoms with Crippen molar-refractivity contribution in [1.82, 2.24) is 0 Å². The number of amides is 1. The van der Waals surface area contributed by atoms with E-state index in [0.717, 1.165) is 12.5 Å². The minimum Gasteiger partial charge on any atom is -0.478 e. The zero-order chi connectivity index (χ0) is 14.7. The average molecular weight is 278 g/mol. The number of carbonyl (C=O) groups excluding carboxylic acids is 1.